The Bertz CT molecular complexity index is 923. The van der Waals surface area contributed by atoms with Crippen LogP contribution in [0.15, 0.2) is 28.2 Å². The van der Waals surface area contributed by atoms with Gasteiger partial charge in [0.1, 0.15) is 17.4 Å². The number of nitrogens with zero attached hydrogens (tertiary/aromatic N) is 2. The number of halogens is 1. The number of aromatic amines is 1. The zero-order valence-corrected chi connectivity index (χ0v) is 16.0. The molecule has 0 unspecified atom stereocenters. The largest absolute Gasteiger partial charge is 0.495 e. The molecule has 7 nitrogen and oxygen atoms in total. The van der Waals surface area contributed by atoms with Gasteiger partial charge in [0.25, 0.3) is 5.56 Å². The molecule has 0 spiro atoms. The zero-order valence-electron chi connectivity index (χ0n) is 14.4. The minimum atomic E-state index is -0.556. The molecule has 0 saturated heterocycles. The van der Waals surface area contributed by atoms with Gasteiger partial charge >= 0.3 is 0 Å². The molecule has 0 saturated carbocycles. The number of hydrogen-bond acceptors (Lipinski definition) is 6. The van der Waals surface area contributed by atoms with E-state index in [-0.39, 0.29) is 16.6 Å². The van der Waals surface area contributed by atoms with Crippen LogP contribution in [0.25, 0.3) is 0 Å². The monoisotopic (exact) mass is 392 g/mol. The molecule has 136 valence electrons. The minimum absolute atomic E-state index is 0.00221. The quantitative estimate of drug-likeness (QED) is 0.578. The predicted octanol–water partition coefficient (Wildman–Crippen LogP) is 2.99. The van der Waals surface area contributed by atoms with E-state index in [1.54, 1.807) is 32.0 Å². The molecule has 0 aliphatic rings. The molecule has 2 N–H and O–H groups in total. The number of methoxy groups -OCH3 is 1. The highest BCUT2D eigenvalue weighted by atomic mass is 35.5. The third-order valence-electron chi connectivity index (χ3n) is 3.50. The molecular weight excluding hydrogens is 376 g/mol. The number of thioether (sulfide) groups is 1. The van der Waals surface area contributed by atoms with Crippen molar-refractivity contribution in [2.24, 2.45) is 0 Å². The number of nitriles is 1. The van der Waals surface area contributed by atoms with Crippen LogP contribution in [-0.4, -0.2) is 28.2 Å². The first-order chi connectivity index (χ1) is 12.4. The number of benzene rings is 1. The molecule has 1 heterocycles. The molecule has 1 amide bonds. The van der Waals surface area contributed by atoms with Crippen molar-refractivity contribution in [3.8, 4) is 11.8 Å². The Balaban J connectivity index is 2.18. The fourth-order valence-corrected chi connectivity index (χ4v) is 3.14. The summed E-state index contributed by atoms with van der Waals surface area (Å²) in [6.45, 7) is 3.49. The summed E-state index contributed by atoms with van der Waals surface area (Å²) >= 11 is 7.05. The van der Waals surface area contributed by atoms with E-state index in [9.17, 15) is 9.59 Å². The van der Waals surface area contributed by atoms with Crippen molar-refractivity contribution in [3.63, 3.8) is 0 Å². The highest BCUT2D eigenvalue weighted by molar-refractivity contribution is 8.00. The number of carbonyl (C=O) groups excluding carboxylic acids is 1. The van der Waals surface area contributed by atoms with Gasteiger partial charge in [-0.2, -0.15) is 5.26 Å². The van der Waals surface area contributed by atoms with Gasteiger partial charge in [-0.1, -0.05) is 30.3 Å². The van der Waals surface area contributed by atoms with Crippen molar-refractivity contribution < 1.29 is 9.53 Å². The van der Waals surface area contributed by atoms with E-state index in [1.807, 2.05) is 6.07 Å². The average molecular weight is 393 g/mol. The van der Waals surface area contributed by atoms with E-state index in [1.165, 1.54) is 7.11 Å². The van der Waals surface area contributed by atoms with Crippen LogP contribution < -0.4 is 15.6 Å². The van der Waals surface area contributed by atoms with Crippen LogP contribution in [-0.2, 0) is 11.2 Å². The van der Waals surface area contributed by atoms with Crippen LogP contribution in [0, 0.1) is 11.3 Å². The molecule has 0 bridgehead atoms. The summed E-state index contributed by atoms with van der Waals surface area (Å²) in [5.41, 5.74) is 0.347. The van der Waals surface area contributed by atoms with Gasteiger partial charge in [0.15, 0.2) is 5.16 Å². The third-order valence-corrected chi connectivity index (χ3v) is 4.72. The van der Waals surface area contributed by atoms with Crippen molar-refractivity contribution in [1.29, 1.82) is 5.26 Å². The first-order valence-electron chi connectivity index (χ1n) is 7.73. The van der Waals surface area contributed by atoms with Gasteiger partial charge in [0.2, 0.25) is 5.91 Å². The number of aryl methyl sites for hydroxylation is 1. The Kier molecular flexibility index (Phi) is 6.66. The van der Waals surface area contributed by atoms with Crippen LogP contribution in [0.2, 0.25) is 5.02 Å². The van der Waals surface area contributed by atoms with E-state index < -0.39 is 10.8 Å². The Labute approximate surface area is 159 Å². The number of amides is 1. The lowest BCUT2D eigenvalue weighted by Gasteiger charge is -2.14. The minimum Gasteiger partial charge on any atom is -0.495 e. The standard InChI is InChI=1S/C17H17ClN4O3S/c1-4-12-11(8-19)16(24)22-17(21-12)26-9(2)15(23)20-13-7-10(18)5-6-14(13)25-3/h5-7,9H,4H2,1-3H3,(H,20,23)(H,21,22,24)/t9-/m1/s1. The summed E-state index contributed by atoms with van der Waals surface area (Å²) in [6, 6.07) is 6.75. The van der Waals surface area contributed by atoms with Gasteiger partial charge in [-0.25, -0.2) is 4.98 Å². The molecular formula is C17H17ClN4O3S. The number of H-pyrrole nitrogens is 1. The van der Waals surface area contributed by atoms with Crippen LogP contribution in [0.3, 0.4) is 0 Å². The van der Waals surface area contributed by atoms with E-state index in [2.05, 4.69) is 15.3 Å². The van der Waals surface area contributed by atoms with E-state index in [0.717, 1.165) is 11.8 Å². The number of anilines is 1. The Hall–Kier alpha value is -2.50. The van der Waals surface area contributed by atoms with Gasteiger partial charge in [0, 0.05) is 5.02 Å². The Morgan fingerprint density at radius 2 is 2.27 bits per heavy atom. The van der Waals surface area contributed by atoms with Gasteiger partial charge in [-0.15, -0.1) is 0 Å². The summed E-state index contributed by atoms with van der Waals surface area (Å²) in [6.07, 6.45) is 0.445. The van der Waals surface area contributed by atoms with Crippen molar-refractivity contribution in [3.05, 3.63) is 44.8 Å². The molecule has 1 aromatic carbocycles. The number of hydrogen-bond donors (Lipinski definition) is 2. The molecule has 2 rings (SSSR count). The molecule has 1 aromatic heterocycles. The Morgan fingerprint density at radius 1 is 1.54 bits per heavy atom. The number of aromatic nitrogens is 2. The van der Waals surface area contributed by atoms with E-state index in [4.69, 9.17) is 21.6 Å². The van der Waals surface area contributed by atoms with Crippen LogP contribution in [0.1, 0.15) is 25.1 Å². The second-order valence-electron chi connectivity index (χ2n) is 5.25. The van der Waals surface area contributed by atoms with Crippen molar-refractivity contribution in [2.75, 3.05) is 12.4 Å². The molecule has 0 radical (unpaired) electrons. The number of nitrogens with one attached hydrogen (secondary N) is 2. The molecule has 9 heteroatoms. The Morgan fingerprint density at radius 3 is 2.88 bits per heavy atom. The normalized spacial score (nSPS) is 11.5. The lowest BCUT2D eigenvalue weighted by atomic mass is 10.2. The van der Waals surface area contributed by atoms with Gasteiger partial charge in [-0.3, -0.25) is 9.59 Å². The summed E-state index contributed by atoms with van der Waals surface area (Å²) in [7, 11) is 1.49. The van der Waals surface area contributed by atoms with Crippen molar-refractivity contribution >= 4 is 35.0 Å². The smallest absolute Gasteiger partial charge is 0.269 e. The summed E-state index contributed by atoms with van der Waals surface area (Å²) in [5.74, 6) is 0.179. The number of ether oxygens (including phenoxy) is 1. The van der Waals surface area contributed by atoms with E-state index >= 15 is 0 Å². The molecule has 26 heavy (non-hydrogen) atoms. The SMILES string of the molecule is CCc1nc(S[C@H](C)C(=O)Nc2cc(Cl)ccc2OC)[nH]c(=O)c1C#N. The fraction of sp³-hybridized carbons (Fsp3) is 0.294. The lowest BCUT2D eigenvalue weighted by Crippen LogP contribution is -2.24. The maximum Gasteiger partial charge on any atom is 0.269 e. The predicted molar refractivity (Wildman–Crippen MR) is 101 cm³/mol. The van der Waals surface area contributed by atoms with Crippen molar-refractivity contribution in [2.45, 2.75) is 30.7 Å². The lowest BCUT2D eigenvalue weighted by molar-refractivity contribution is -0.115. The summed E-state index contributed by atoms with van der Waals surface area (Å²) in [5, 5.41) is 12.0. The third kappa shape index (κ3) is 4.56. The van der Waals surface area contributed by atoms with Gasteiger partial charge < -0.3 is 15.0 Å². The highest BCUT2D eigenvalue weighted by Gasteiger charge is 2.19. The molecule has 0 aliphatic carbocycles. The average Bonchev–Trinajstić information content (AvgIpc) is 2.61. The maximum atomic E-state index is 12.5. The number of rotatable bonds is 6. The van der Waals surface area contributed by atoms with Gasteiger partial charge in [0.05, 0.1) is 23.7 Å². The van der Waals surface area contributed by atoms with Crippen LogP contribution in [0.4, 0.5) is 5.69 Å². The molecule has 1 atom stereocenters. The van der Waals surface area contributed by atoms with Crippen molar-refractivity contribution in [1.82, 2.24) is 9.97 Å². The topological polar surface area (TPSA) is 108 Å². The van der Waals surface area contributed by atoms with Crippen LogP contribution in [0.5, 0.6) is 5.75 Å². The molecule has 0 fully saturated rings. The first-order valence-corrected chi connectivity index (χ1v) is 8.99. The maximum absolute atomic E-state index is 12.5. The summed E-state index contributed by atoms with van der Waals surface area (Å²) in [4.78, 5) is 31.2. The zero-order chi connectivity index (χ0) is 19.3. The second kappa shape index (κ2) is 8.74. The van der Waals surface area contributed by atoms with Crippen LogP contribution >= 0.6 is 23.4 Å². The molecule has 2 aromatic rings. The fourth-order valence-electron chi connectivity index (χ4n) is 2.16. The first kappa shape index (κ1) is 19.8. The molecule has 0 aliphatic heterocycles. The highest BCUT2D eigenvalue weighted by Crippen LogP contribution is 2.29. The summed E-state index contributed by atoms with van der Waals surface area (Å²) < 4.78 is 5.20. The van der Waals surface area contributed by atoms with Gasteiger partial charge in [-0.05, 0) is 31.5 Å². The number of carbonyl (C=O) groups is 1. The second-order valence-corrected chi connectivity index (χ2v) is 7.02. The van der Waals surface area contributed by atoms with E-state index in [0.29, 0.717) is 28.6 Å².